The van der Waals surface area contributed by atoms with Crippen LogP contribution in [0.5, 0.6) is 5.75 Å². The Morgan fingerprint density at radius 1 is 1.35 bits per heavy atom. The van der Waals surface area contributed by atoms with Gasteiger partial charge in [0.2, 0.25) is 0 Å². The molecule has 0 bridgehead atoms. The van der Waals surface area contributed by atoms with Crippen molar-refractivity contribution in [2.45, 2.75) is 32.2 Å². The molecule has 4 nitrogen and oxygen atoms in total. The van der Waals surface area contributed by atoms with Crippen LogP contribution in [0, 0.1) is 5.82 Å². The number of nitrogens with one attached hydrogen (secondary N) is 2. The van der Waals surface area contributed by atoms with E-state index in [1.165, 1.54) is 18.1 Å². The maximum absolute atomic E-state index is 13.9. The minimum Gasteiger partial charge on any atom is -0.494 e. The zero-order chi connectivity index (χ0) is 18.4. The lowest BCUT2D eigenvalue weighted by Gasteiger charge is -2.26. The Morgan fingerprint density at radius 2 is 2.08 bits per heavy atom. The third kappa shape index (κ3) is 5.84. The van der Waals surface area contributed by atoms with Crippen LogP contribution in [0.15, 0.2) is 40.7 Å². The van der Waals surface area contributed by atoms with E-state index in [1.54, 1.807) is 24.5 Å². The van der Waals surface area contributed by atoms with E-state index < -0.39 is 0 Å². The normalized spacial score (nSPS) is 12.9. The maximum atomic E-state index is 13.9. The number of hydrogen-bond donors (Lipinski definition) is 2. The van der Waals surface area contributed by atoms with Crippen LogP contribution in [0.1, 0.15) is 37.3 Å². The first-order valence-corrected chi connectivity index (χ1v) is 9.10. The van der Waals surface area contributed by atoms with Crippen molar-refractivity contribution in [3.63, 3.8) is 0 Å². The molecule has 0 radical (unpaired) electrons. The van der Waals surface area contributed by atoms with Gasteiger partial charge in [-0.25, -0.2) is 4.39 Å². The molecule has 144 valence electrons. The summed E-state index contributed by atoms with van der Waals surface area (Å²) in [7, 11) is 3.19. The van der Waals surface area contributed by atoms with Crippen molar-refractivity contribution in [2.75, 3.05) is 20.7 Å². The molecule has 1 aromatic heterocycles. The first-order valence-electron chi connectivity index (χ1n) is 8.22. The molecular weight excluding hydrogens is 464 g/mol. The van der Waals surface area contributed by atoms with Crippen molar-refractivity contribution in [1.29, 1.82) is 0 Å². The molecule has 0 aliphatic rings. The summed E-state index contributed by atoms with van der Waals surface area (Å²) in [6.07, 6.45) is 0. The summed E-state index contributed by atoms with van der Waals surface area (Å²) in [5.74, 6) is 0.569. The van der Waals surface area contributed by atoms with E-state index in [0.29, 0.717) is 5.96 Å². The van der Waals surface area contributed by atoms with E-state index in [0.717, 1.165) is 12.1 Å². The van der Waals surface area contributed by atoms with Gasteiger partial charge in [0.05, 0.1) is 13.2 Å². The number of nitrogens with zero attached hydrogens (tertiary/aromatic N) is 1. The second-order valence-electron chi connectivity index (χ2n) is 6.55. The number of guanidine groups is 1. The van der Waals surface area contributed by atoms with Crippen molar-refractivity contribution < 1.29 is 9.13 Å². The molecule has 1 atom stereocenters. The summed E-state index contributed by atoms with van der Waals surface area (Å²) in [6.45, 7) is 7.11. The quantitative estimate of drug-likeness (QED) is 0.350. The summed E-state index contributed by atoms with van der Waals surface area (Å²) in [5.41, 5.74) is 0.833. The Kier molecular flexibility index (Phi) is 8.82. The van der Waals surface area contributed by atoms with Crippen molar-refractivity contribution in [2.24, 2.45) is 4.99 Å². The van der Waals surface area contributed by atoms with Gasteiger partial charge in [-0.3, -0.25) is 4.99 Å². The van der Waals surface area contributed by atoms with Crippen LogP contribution >= 0.6 is 35.3 Å². The Hall–Kier alpha value is -1.35. The molecular formula is C19H27FIN3OS. The Labute approximate surface area is 176 Å². The molecule has 26 heavy (non-hydrogen) atoms. The smallest absolute Gasteiger partial charge is 0.191 e. The monoisotopic (exact) mass is 491 g/mol. The van der Waals surface area contributed by atoms with Crippen LogP contribution in [0.2, 0.25) is 0 Å². The van der Waals surface area contributed by atoms with Crippen LogP contribution in [-0.4, -0.2) is 26.7 Å². The minimum absolute atomic E-state index is 0. The van der Waals surface area contributed by atoms with Crippen LogP contribution in [0.4, 0.5) is 4.39 Å². The van der Waals surface area contributed by atoms with Gasteiger partial charge < -0.3 is 15.4 Å². The third-order valence-electron chi connectivity index (χ3n) is 4.14. The predicted octanol–water partition coefficient (Wildman–Crippen LogP) is 4.72. The van der Waals surface area contributed by atoms with E-state index in [4.69, 9.17) is 4.74 Å². The van der Waals surface area contributed by atoms with Crippen molar-refractivity contribution in [3.8, 4) is 5.75 Å². The second-order valence-corrected chi connectivity index (χ2v) is 7.49. The van der Waals surface area contributed by atoms with Crippen LogP contribution in [0.25, 0.3) is 0 Å². The van der Waals surface area contributed by atoms with Gasteiger partial charge in [0, 0.05) is 23.9 Å². The highest BCUT2D eigenvalue weighted by Crippen LogP contribution is 2.26. The zero-order valence-corrected chi connectivity index (χ0v) is 18.9. The first kappa shape index (κ1) is 22.7. The molecule has 0 fully saturated rings. The summed E-state index contributed by atoms with van der Waals surface area (Å²) in [4.78, 5) is 5.59. The number of rotatable bonds is 6. The average molecular weight is 491 g/mol. The lowest BCUT2D eigenvalue weighted by molar-refractivity contribution is 0.386. The van der Waals surface area contributed by atoms with Gasteiger partial charge in [0.15, 0.2) is 17.5 Å². The molecule has 2 aromatic rings. The molecule has 0 amide bonds. The molecule has 0 aliphatic carbocycles. The second kappa shape index (κ2) is 10.1. The molecule has 0 saturated heterocycles. The number of halogens is 2. The van der Waals surface area contributed by atoms with Crippen molar-refractivity contribution in [3.05, 3.63) is 52.0 Å². The van der Waals surface area contributed by atoms with Crippen molar-refractivity contribution >= 4 is 41.3 Å². The average Bonchev–Trinajstić information content (AvgIpc) is 3.13. The number of aliphatic imine (C=N–C) groups is 1. The number of benzene rings is 1. The fourth-order valence-corrected chi connectivity index (χ4v) is 3.34. The number of ether oxygens (including phenoxy) is 1. The number of hydrogen-bond acceptors (Lipinski definition) is 3. The SMILES string of the molecule is CN=C(NCC(C)(C)c1cccs1)NC(C)c1ccc(OC)c(F)c1.I. The molecule has 0 spiro atoms. The number of methoxy groups -OCH3 is 1. The Morgan fingerprint density at radius 3 is 2.62 bits per heavy atom. The predicted molar refractivity (Wildman–Crippen MR) is 119 cm³/mol. The van der Waals surface area contributed by atoms with Crippen LogP contribution in [-0.2, 0) is 5.41 Å². The standard InChI is InChI=1S/C19H26FN3OS.HI/c1-13(14-8-9-16(24-5)15(20)11-14)23-18(21-4)22-12-19(2,3)17-7-6-10-25-17;/h6-11,13H,12H2,1-5H3,(H2,21,22,23);1H. The Bertz CT molecular complexity index is 720. The van der Waals surface area contributed by atoms with Gasteiger partial charge in [-0.2, -0.15) is 0 Å². The fourth-order valence-electron chi connectivity index (χ4n) is 2.49. The highest BCUT2D eigenvalue weighted by atomic mass is 127. The summed E-state index contributed by atoms with van der Waals surface area (Å²) >= 11 is 1.75. The lowest BCUT2D eigenvalue weighted by Crippen LogP contribution is -2.44. The lowest BCUT2D eigenvalue weighted by atomic mass is 9.91. The minimum atomic E-state index is -0.365. The van der Waals surface area contributed by atoms with Crippen LogP contribution < -0.4 is 15.4 Å². The molecule has 0 aliphatic heterocycles. The van der Waals surface area contributed by atoms with E-state index in [1.807, 2.05) is 13.0 Å². The molecule has 2 rings (SSSR count). The first-order chi connectivity index (χ1) is 11.9. The van der Waals surface area contributed by atoms with Gasteiger partial charge in [-0.05, 0) is 36.1 Å². The van der Waals surface area contributed by atoms with Gasteiger partial charge >= 0.3 is 0 Å². The van der Waals surface area contributed by atoms with Crippen LogP contribution in [0.3, 0.4) is 0 Å². The van der Waals surface area contributed by atoms with E-state index >= 15 is 0 Å². The van der Waals surface area contributed by atoms with E-state index in [9.17, 15) is 4.39 Å². The van der Waals surface area contributed by atoms with Gasteiger partial charge in [0.25, 0.3) is 0 Å². The highest BCUT2D eigenvalue weighted by Gasteiger charge is 2.22. The van der Waals surface area contributed by atoms with Gasteiger partial charge in [-0.1, -0.05) is 26.0 Å². The molecule has 1 heterocycles. The summed E-state index contributed by atoms with van der Waals surface area (Å²) in [5, 5.41) is 8.75. The summed E-state index contributed by atoms with van der Waals surface area (Å²) in [6, 6.07) is 9.10. The maximum Gasteiger partial charge on any atom is 0.191 e. The topological polar surface area (TPSA) is 45.7 Å². The highest BCUT2D eigenvalue weighted by molar-refractivity contribution is 14.0. The van der Waals surface area contributed by atoms with E-state index in [-0.39, 0.29) is 47.0 Å². The fraction of sp³-hybridized carbons (Fsp3) is 0.421. The van der Waals surface area contributed by atoms with E-state index in [2.05, 4.69) is 47.0 Å². The third-order valence-corrected chi connectivity index (χ3v) is 5.37. The Balaban J connectivity index is 0.00000338. The number of thiophene rings is 1. The van der Waals surface area contributed by atoms with Gasteiger partial charge in [-0.15, -0.1) is 35.3 Å². The van der Waals surface area contributed by atoms with Crippen molar-refractivity contribution in [1.82, 2.24) is 10.6 Å². The largest absolute Gasteiger partial charge is 0.494 e. The molecule has 0 saturated carbocycles. The molecule has 1 unspecified atom stereocenters. The summed E-state index contributed by atoms with van der Waals surface area (Å²) < 4.78 is 18.9. The molecule has 2 N–H and O–H groups in total. The zero-order valence-electron chi connectivity index (χ0n) is 15.8. The van der Waals surface area contributed by atoms with Gasteiger partial charge in [0.1, 0.15) is 0 Å². The molecule has 7 heteroatoms. The molecule has 1 aromatic carbocycles.